The molecule has 2 aromatic carbocycles. The fourth-order valence-electron chi connectivity index (χ4n) is 2.82. The lowest BCUT2D eigenvalue weighted by atomic mass is 10.0. The Balaban J connectivity index is 1.75. The first-order valence-electron chi connectivity index (χ1n) is 8.20. The molecule has 0 aliphatic rings. The molecule has 1 N–H and O–H groups in total. The summed E-state index contributed by atoms with van der Waals surface area (Å²) in [5, 5.41) is 2.71. The number of hydrogen-bond acceptors (Lipinski definition) is 2. The molecule has 0 fully saturated rings. The molecule has 0 bridgehead atoms. The van der Waals surface area contributed by atoms with Gasteiger partial charge in [-0.25, -0.2) is 4.98 Å². The van der Waals surface area contributed by atoms with E-state index in [-0.39, 0.29) is 17.0 Å². The standard InChI is InChI=1S/C19H18F3N3O/c1-13(14-7-3-2-4-8-14)11-23-17(26)12-25-16-10-6-5-9-15(16)24-18(25)19(20,21)22/h2-10,13H,11-12H2,1H3,(H,23,26). The van der Waals surface area contributed by atoms with Crippen LogP contribution in [-0.2, 0) is 17.5 Å². The van der Waals surface area contributed by atoms with Gasteiger partial charge in [-0.2, -0.15) is 13.2 Å². The van der Waals surface area contributed by atoms with E-state index in [0.29, 0.717) is 6.54 Å². The molecule has 1 heterocycles. The molecule has 26 heavy (non-hydrogen) atoms. The van der Waals surface area contributed by atoms with Gasteiger partial charge in [-0.05, 0) is 23.6 Å². The zero-order valence-corrected chi connectivity index (χ0v) is 14.1. The van der Waals surface area contributed by atoms with Gasteiger partial charge in [0.1, 0.15) is 6.54 Å². The maximum atomic E-state index is 13.3. The zero-order valence-electron chi connectivity index (χ0n) is 14.1. The first-order chi connectivity index (χ1) is 12.4. The van der Waals surface area contributed by atoms with Crippen molar-refractivity contribution in [1.82, 2.24) is 14.9 Å². The Labute approximate surface area is 148 Å². The number of rotatable bonds is 5. The number of imidazole rings is 1. The summed E-state index contributed by atoms with van der Waals surface area (Å²) < 4.78 is 40.7. The van der Waals surface area contributed by atoms with E-state index in [9.17, 15) is 18.0 Å². The molecule has 4 nitrogen and oxygen atoms in total. The highest BCUT2D eigenvalue weighted by molar-refractivity contribution is 5.81. The van der Waals surface area contributed by atoms with Crippen LogP contribution in [0.1, 0.15) is 24.2 Å². The van der Waals surface area contributed by atoms with Crippen molar-refractivity contribution in [1.29, 1.82) is 0 Å². The van der Waals surface area contributed by atoms with Crippen LogP contribution >= 0.6 is 0 Å². The maximum absolute atomic E-state index is 13.3. The molecular formula is C19H18F3N3O. The molecule has 136 valence electrons. The van der Waals surface area contributed by atoms with Crippen LogP contribution < -0.4 is 5.32 Å². The third-order valence-corrected chi connectivity index (χ3v) is 4.18. The Morgan fingerprint density at radius 2 is 1.77 bits per heavy atom. The van der Waals surface area contributed by atoms with Gasteiger partial charge in [0.2, 0.25) is 11.7 Å². The van der Waals surface area contributed by atoms with Crippen molar-refractivity contribution in [2.45, 2.75) is 25.6 Å². The van der Waals surface area contributed by atoms with E-state index in [1.54, 1.807) is 12.1 Å². The molecule has 1 unspecified atom stereocenters. The average molecular weight is 361 g/mol. The van der Waals surface area contributed by atoms with Crippen LogP contribution in [0, 0.1) is 0 Å². The fraction of sp³-hybridized carbons (Fsp3) is 0.263. The molecule has 1 aromatic heterocycles. The van der Waals surface area contributed by atoms with Gasteiger partial charge >= 0.3 is 6.18 Å². The van der Waals surface area contributed by atoms with Crippen LogP contribution in [0.4, 0.5) is 13.2 Å². The van der Waals surface area contributed by atoms with Gasteiger partial charge in [0.05, 0.1) is 11.0 Å². The molecule has 7 heteroatoms. The lowest BCUT2D eigenvalue weighted by Gasteiger charge is -2.15. The summed E-state index contributed by atoms with van der Waals surface area (Å²) in [6, 6.07) is 15.9. The first-order valence-corrected chi connectivity index (χ1v) is 8.20. The number of nitrogens with zero attached hydrogens (tertiary/aromatic N) is 2. The maximum Gasteiger partial charge on any atom is 0.449 e. The number of alkyl halides is 3. The minimum Gasteiger partial charge on any atom is -0.354 e. The van der Waals surface area contributed by atoms with E-state index in [2.05, 4.69) is 10.3 Å². The van der Waals surface area contributed by atoms with E-state index in [1.807, 2.05) is 37.3 Å². The number of fused-ring (bicyclic) bond motifs is 1. The number of halogens is 3. The second-order valence-corrected chi connectivity index (χ2v) is 6.12. The summed E-state index contributed by atoms with van der Waals surface area (Å²) in [5.41, 5.74) is 1.55. The highest BCUT2D eigenvalue weighted by Crippen LogP contribution is 2.31. The second-order valence-electron chi connectivity index (χ2n) is 6.12. The molecule has 0 aliphatic carbocycles. The Morgan fingerprint density at radius 1 is 1.12 bits per heavy atom. The minimum atomic E-state index is -4.63. The Kier molecular flexibility index (Phi) is 4.97. The number of nitrogens with one attached hydrogen (secondary N) is 1. The molecular weight excluding hydrogens is 343 g/mol. The predicted octanol–water partition coefficient (Wildman–Crippen LogP) is 3.98. The number of para-hydroxylation sites is 2. The van der Waals surface area contributed by atoms with E-state index < -0.39 is 24.5 Å². The van der Waals surface area contributed by atoms with E-state index in [0.717, 1.165) is 10.1 Å². The minimum absolute atomic E-state index is 0.0572. The lowest BCUT2D eigenvalue weighted by Crippen LogP contribution is -2.32. The van der Waals surface area contributed by atoms with Gasteiger partial charge in [-0.1, -0.05) is 49.4 Å². The zero-order chi connectivity index (χ0) is 18.7. The Hall–Kier alpha value is -2.83. The van der Waals surface area contributed by atoms with Crippen molar-refractivity contribution >= 4 is 16.9 Å². The van der Waals surface area contributed by atoms with Gasteiger partial charge in [0.25, 0.3) is 0 Å². The number of carbonyl (C=O) groups excluding carboxylic acids is 1. The van der Waals surface area contributed by atoms with Gasteiger partial charge in [0, 0.05) is 6.54 Å². The highest BCUT2D eigenvalue weighted by atomic mass is 19.4. The number of hydrogen-bond donors (Lipinski definition) is 1. The van der Waals surface area contributed by atoms with Crippen LogP contribution in [0.15, 0.2) is 54.6 Å². The molecule has 0 radical (unpaired) electrons. The van der Waals surface area contributed by atoms with Gasteiger partial charge in [-0.15, -0.1) is 0 Å². The average Bonchev–Trinajstić information content (AvgIpc) is 2.99. The molecule has 0 saturated heterocycles. The monoisotopic (exact) mass is 361 g/mol. The summed E-state index contributed by atoms with van der Waals surface area (Å²) in [6.07, 6.45) is -4.63. The third-order valence-electron chi connectivity index (χ3n) is 4.18. The van der Waals surface area contributed by atoms with E-state index in [1.165, 1.54) is 12.1 Å². The van der Waals surface area contributed by atoms with E-state index >= 15 is 0 Å². The van der Waals surface area contributed by atoms with E-state index in [4.69, 9.17) is 0 Å². The predicted molar refractivity (Wildman–Crippen MR) is 92.6 cm³/mol. The summed E-state index contributed by atoms with van der Waals surface area (Å²) in [5.74, 6) is -1.49. The third kappa shape index (κ3) is 3.87. The van der Waals surface area contributed by atoms with Crippen LogP contribution in [0.2, 0.25) is 0 Å². The molecule has 0 saturated carbocycles. The van der Waals surface area contributed by atoms with Crippen molar-refractivity contribution in [2.75, 3.05) is 6.54 Å². The lowest BCUT2D eigenvalue weighted by molar-refractivity contribution is -0.147. The quantitative estimate of drug-likeness (QED) is 0.747. The normalized spacial score (nSPS) is 12.9. The smallest absolute Gasteiger partial charge is 0.354 e. The SMILES string of the molecule is CC(CNC(=O)Cn1c(C(F)(F)F)nc2ccccc21)c1ccccc1. The van der Waals surface area contributed by atoms with Crippen molar-refractivity contribution in [3.63, 3.8) is 0 Å². The van der Waals surface area contributed by atoms with Crippen LogP contribution in [0.3, 0.4) is 0 Å². The number of amides is 1. The summed E-state index contributed by atoms with van der Waals surface area (Å²) in [7, 11) is 0. The largest absolute Gasteiger partial charge is 0.449 e. The first kappa shape index (κ1) is 18.0. The molecule has 3 aromatic rings. The number of carbonyl (C=O) groups is 1. The van der Waals surface area contributed by atoms with Gasteiger partial charge < -0.3 is 9.88 Å². The van der Waals surface area contributed by atoms with Gasteiger partial charge in [0.15, 0.2) is 0 Å². The van der Waals surface area contributed by atoms with Crippen molar-refractivity contribution in [3.05, 3.63) is 66.0 Å². The van der Waals surface area contributed by atoms with Crippen molar-refractivity contribution < 1.29 is 18.0 Å². The second kappa shape index (κ2) is 7.19. The topological polar surface area (TPSA) is 46.9 Å². The number of benzene rings is 2. The highest BCUT2D eigenvalue weighted by Gasteiger charge is 2.37. The van der Waals surface area contributed by atoms with Crippen molar-refractivity contribution in [3.8, 4) is 0 Å². The van der Waals surface area contributed by atoms with Crippen LogP contribution in [0.5, 0.6) is 0 Å². The molecule has 0 spiro atoms. The van der Waals surface area contributed by atoms with Crippen LogP contribution in [0.25, 0.3) is 11.0 Å². The molecule has 3 rings (SSSR count). The summed E-state index contributed by atoms with van der Waals surface area (Å²) in [4.78, 5) is 15.9. The molecule has 1 amide bonds. The van der Waals surface area contributed by atoms with Crippen LogP contribution in [-0.4, -0.2) is 22.0 Å². The van der Waals surface area contributed by atoms with Crippen molar-refractivity contribution in [2.24, 2.45) is 0 Å². The molecule has 1 atom stereocenters. The van der Waals surface area contributed by atoms with Gasteiger partial charge in [-0.3, -0.25) is 4.79 Å². The fourth-order valence-corrected chi connectivity index (χ4v) is 2.82. The summed E-state index contributed by atoms with van der Waals surface area (Å²) >= 11 is 0. The number of aromatic nitrogens is 2. The summed E-state index contributed by atoms with van der Waals surface area (Å²) in [6.45, 7) is 1.86. The Morgan fingerprint density at radius 3 is 2.46 bits per heavy atom. The molecule has 0 aliphatic heterocycles. The Bertz CT molecular complexity index is 903.